The van der Waals surface area contributed by atoms with Gasteiger partial charge < -0.3 is 9.72 Å². The van der Waals surface area contributed by atoms with Crippen LogP contribution < -0.4 is 5.69 Å². The van der Waals surface area contributed by atoms with E-state index in [0.29, 0.717) is 16.3 Å². The molecule has 0 atom stereocenters. The third-order valence-corrected chi connectivity index (χ3v) is 2.78. The molecule has 6 heteroatoms. The fourth-order valence-corrected chi connectivity index (χ4v) is 1.86. The molecular weight excluding hydrogens is 268 g/mol. The number of nitrogens with zero attached hydrogens (tertiary/aromatic N) is 1. The summed E-state index contributed by atoms with van der Waals surface area (Å²) in [6, 6.07) is 6.89. The van der Waals surface area contributed by atoms with E-state index in [1.165, 1.54) is 6.20 Å². The van der Waals surface area contributed by atoms with Crippen LogP contribution in [-0.2, 0) is 4.74 Å². The molecule has 1 aromatic heterocycles. The lowest BCUT2D eigenvalue weighted by Crippen LogP contribution is -2.16. The van der Waals surface area contributed by atoms with Crippen LogP contribution in [0.5, 0.6) is 0 Å². The highest BCUT2D eigenvalue weighted by Gasteiger charge is 2.17. The Kier molecular flexibility index (Phi) is 3.97. The summed E-state index contributed by atoms with van der Waals surface area (Å²) in [5.41, 5.74) is 0.480. The summed E-state index contributed by atoms with van der Waals surface area (Å²) in [6.45, 7) is 1.94. The molecular formula is C13H11ClN2O3. The number of aromatic nitrogens is 2. The van der Waals surface area contributed by atoms with Gasteiger partial charge in [0.25, 0.3) is 0 Å². The lowest BCUT2D eigenvalue weighted by molar-refractivity contribution is 0.0526. The molecule has 0 radical (unpaired) electrons. The number of aromatic amines is 1. The van der Waals surface area contributed by atoms with Crippen LogP contribution in [0, 0.1) is 0 Å². The Bertz CT molecular complexity index is 667. The standard InChI is InChI=1S/C13H11ClN2O3/c1-2-19-12(17)9-7-15-13(18)16-11(9)8-5-3-4-6-10(8)14/h3-7H,2H2,1H3,(H,15,16,18). The van der Waals surface area contributed by atoms with Crippen LogP contribution in [0.1, 0.15) is 17.3 Å². The molecule has 98 valence electrons. The zero-order chi connectivity index (χ0) is 13.8. The van der Waals surface area contributed by atoms with E-state index in [-0.39, 0.29) is 12.2 Å². The van der Waals surface area contributed by atoms with Crippen LogP contribution in [0.4, 0.5) is 0 Å². The number of hydrogen-bond donors (Lipinski definition) is 1. The highest BCUT2D eigenvalue weighted by molar-refractivity contribution is 6.33. The van der Waals surface area contributed by atoms with E-state index < -0.39 is 11.7 Å². The van der Waals surface area contributed by atoms with E-state index in [1.807, 2.05) is 0 Å². The van der Waals surface area contributed by atoms with Gasteiger partial charge in [0.05, 0.1) is 12.3 Å². The second kappa shape index (κ2) is 5.67. The molecule has 0 spiro atoms. The van der Waals surface area contributed by atoms with Crippen LogP contribution >= 0.6 is 11.6 Å². The van der Waals surface area contributed by atoms with Gasteiger partial charge in [-0.1, -0.05) is 29.8 Å². The number of carbonyl (C=O) groups is 1. The number of benzene rings is 1. The molecule has 0 aliphatic carbocycles. The Morgan fingerprint density at radius 3 is 2.84 bits per heavy atom. The van der Waals surface area contributed by atoms with Gasteiger partial charge in [-0.3, -0.25) is 0 Å². The number of esters is 1. The normalized spacial score (nSPS) is 10.2. The number of hydrogen-bond acceptors (Lipinski definition) is 4. The maximum absolute atomic E-state index is 11.8. The van der Waals surface area contributed by atoms with E-state index >= 15 is 0 Å². The first-order chi connectivity index (χ1) is 9.13. The summed E-state index contributed by atoms with van der Waals surface area (Å²) < 4.78 is 4.93. The van der Waals surface area contributed by atoms with Crippen molar-refractivity contribution < 1.29 is 9.53 Å². The minimum Gasteiger partial charge on any atom is -0.462 e. The largest absolute Gasteiger partial charge is 0.462 e. The summed E-state index contributed by atoms with van der Waals surface area (Å²) in [5, 5.41) is 0.426. The van der Waals surface area contributed by atoms with Crippen molar-refractivity contribution in [2.24, 2.45) is 0 Å². The van der Waals surface area contributed by atoms with Crippen molar-refractivity contribution in [2.75, 3.05) is 6.61 Å². The van der Waals surface area contributed by atoms with E-state index in [4.69, 9.17) is 16.3 Å². The second-order valence-corrected chi connectivity index (χ2v) is 4.08. The Morgan fingerprint density at radius 1 is 1.42 bits per heavy atom. The summed E-state index contributed by atoms with van der Waals surface area (Å²) >= 11 is 6.07. The van der Waals surface area contributed by atoms with Gasteiger partial charge in [-0.15, -0.1) is 0 Å². The van der Waals surface area contributed by atoms with Crippen molar-refractivity contribution in [1.82, 2.24) is 9.97 Å². The van der Waals surface area contributed by atoms with E-state index in [0.717, 1.165) is 0 Å². The fraction of sp³-hybridized carbons (Fsp3) is 0.154. The van der Waals surface area contributed by atoms with Crippen molar-refractivity contribution in [2.45, 2.75) is 6.92 Å². The Hall–Kier alpha value is -2.14. The average molecular weight is 279 g/mol. The molecule has 2 rings (SSSR count). The predicted molar refractivity (Wildman–Crippen MR) is 71.3 cm³/mol. The molecule has 0 fully saturated rings. The molecule has 2 aromatic rings. The molecule has 0 saturated carbocycles. The zero-order valence-electron chi connectivity index (χ0n) is 10.1. The zero-order valence-corrected chi connectivity index (χ0v) is 10.9. The molecule has 1 heterocycles. The first-order valence-electron chi connectivity index (χ1n) is 5.64. The quantitative estimate of drug-likeness (QED) is 0.874. The lowest BCUT2D eigenvalue weighted by atomic mass is 10.1. The topological polar surface area (TPSA) is 72.0 Å². The summed E-state index contributed by atoms with van der Waals surface area (Å²) in [6.07, 6.45) is 1.19. The van der Waals surface area contributed by atoms with Crippen molar-refractivity contribution in [3.05, 3.63) is 51.5 Å². The third-order valence-electron chi connectivity index (χ3n) is 2.45. The summed E-state index contributed by atoms with van der Waals surface area (Å²) in [5.74, 6) is -0.554. The second-order valence-electron chi connectivity index (χ2n) is 3.68. The van der Waals surface area contributed by atoms with Crippen LogP contribution in [0.2, 0.25) is 5.02 Å². The number of ether oxygens (including phenoxy) is 1. The van der Waals surface area contributed by atoms with Crippen LogP contribution in [0.15, 0.2) is 35.3 Å². The fourth-order valence-electron chi connectivity index (χ4n) is 1.63. The van der Waals surface area contributed by atoms with Gasteiger partial charge in [-0.25, -0.2) is 14.6 Å². The number of nitrogens with one attached hydrogen (secondary N) is 1. The van der Waals surface area contributed by atoms with Crippen molar-refractivity contribution in [1.29, 1.82) is 0 Å². The Morgan fingerprint density at radius 2 is 2.16 bits per heavy atom. The lowest BCUT2D eigenvalue weighted by Gasteiger charge is -2.09. The highest BCUT2D eigenvalue weighted by atomic mass is 35.5. The summed E-state index contributed by atoms with van der Waals surface area (Å²) in [7, 11) is 0. The Balaban J connectivity index is 2.62. The molecule has 1 N–H and O–H groups in total. The average Bonchev–Trinajstić information content (AvgIpc) is 2.39. The first-order valence-corrected chi connectivity index (χ1v) is 6.02. The van der Waals surface area contributed by atoms with Crippen molar-refractivity contribution >= 4 is 17.6 Å². The molecule has 0 unspecified atom stereocenters. The van der Waals surface area contributed by atoms with Gasteiger partial charge in [0, 0.05) is 16.8 Å². The number of halogens is 1. The first kappa shape index (κ1) is 13.3. The van der Waals surface area contributed by atoms with Crippen molar-refractivity contribution in [3.63, 3.8) is 0 Å². The van der Waals surface area contributed by atoms with Gasteiger partial charge in [-0.05, 0) is 13.0 Å². The molecule has 0 aliphatic heterocycles. The molecule has 1 aromatic carbocycles. The predicted octanol–water partition coefficient (Wildman–Crippen LogP) is 2.27. The van der Waals surface area contributed by atoms with E-state index in [2.05, 4.69) is 9.97 Å². The Labute approximate surface area is 114 Å². The smallest absolute Gasteiger partial charge is 0.345 e. The van der Waals surface area contributed by atoms with Gasteiger partial charge in [0.15, 0.2) is 0 Å². The van der Waals surface area contributed by atoms with Crippen LogP contribution in [0.25, 0.3) is 11.3 Å². The maximum Gasteiger partial charge on any atom is 0.345 e. The molecule has 0 bridgehead atoms. The minimum absolute atomic E-state index is 0.176. The number of carbonyl (C=O) groups excluding carboxylic acids is 1. The van der Waals surface area contributed by atoms with Crippen LogP contribution in [-0.4, -0.2) is 22.5 Å². The third kappa shape index (κ3) is 2.82. The highest BCUT2D eigenvalue weighted by Crippen LogP contribution is 2.27. The van der Waals surface area contributed by atoms with Gasteiger partial charge in [-0.2, -0.15) is 0 Å². The van der Waals surface area contributed by atoms with Crippen LogP contribution in [0.3, 0.4) is 0 Å². The van der Waals surface area contributed by atoms with Gasteiger partial charge in [0.1, 0.15) is 5.56 Å². The number of H-pyrrole nitrogens is 1. The molecule has 19 heavy (non-hydrogen) atoms. The molecule has 0 amide bonds. The molecule has 0 aliphatic rings. The monoisotopic (exact) mass is 278 g/mol. The SMILES string of the molecule is CCOC(=O)c1cnc(=O)[nH]c1-c1ccccc1Cl. The molecule has 0 saturated heterocycles. The number of rotatable bonds is 3. The maximum atomic E-state index is 11.8. The summed E-state index contributed by atoms with van der Waals surface area (Å²) in [4.78, 5) is 29.2. The van der Waals surface area contributed by atoms with Gasteiger partial charge >= 0.3 is 11.7 Å². The molecule has 5 nitrogen and oxygen atoms in total. The van der Waals surface area contributed by atoms with Crippen molar-refractivity contribution in [3.8, 4) is 11.3 Å². The van der Waals surface area contributed by atoms with E-state index in [9.17, 15) is 9.59 Å². The van der Waals surface area contributed by atoms with E-state index in [1.54, 1.807) is 31.2 Å². The van der Waals surface area contributed by atoms with Gasteiger partial charge in [0.2, 0.25) is 0 Å². The minimum atomic E-state index is -0.554.